The van der Waals surface area contributed by atoms with Crippen LogP contribution in [0.15, 0.2) is 21.5 Å². The Kier molecular flexibility index (Phi) is 3.04. The Labute approximate surface area is 93.3 Å². The number of nitriles is 1. The van der Waals surface area contributed by atoms with Crippen LogP contribution < -0.4 is 0 Å². The highest BCUT2D eigenvalue weighted by Gasteiger charge is 2.18. The Morgan fingerprint density at radius 1 is 1.50 bits per heavy atom. The first kappa shape index (κ1) is 11.3. The summed E-state index contributed by atoms with van der Waals surface area (Å²) in [5.41, 5.74) is 0.00391. The van der Waals surface area contributed by atoms with Gasteiger partial charge in [0.25, 0.3) is 9.05 Å². The van der Waals surface area contributed by atoms with Crippen LogP contribution in [0, 0.1) is 11.3 Å². The van der Waals surface area contributed by atoms with E-state index in [0.29, 0.717) is 0 Å². The van der Waals surface area contributed by atoms with Gasteiger partial charge in [-0.1, -0.05) is 0 Å². The van der Waals surface area contributed by atoms with E-state index in [2.05, 4.69) is 15.9 Å². The summed E-state index contributed by atoms with van der Waals surface area (Å²) in [5, 5.41) is 17.7. The topological polar surface area (TPSA) is 78.2 Å². The molecular formula is C7H3BrClNO3S. The van der Waals surface area contributed by atoms with Crippen LogP contribution in [-0.2, 0) is 9.05 Å². The summed E-state index contributed by atoms with van der Waals surface area (Å²) in [6, 6.07) is 3.82. The number of nitrogens with zero attached hydrogens (tertiary/aromatic N) is 1. The lowest BCUT2D eigenvalue weighted by molar-refractivity contribution is 0.473. The lowest BCUT2D eigenvalue weighted by Gasteiger charge is -2.02. The van der Waals surface area contributed by atoms with Crippen LogP contribution in [0.5, 0.6) is 5.75 Å². The number of halogens is 2. The Morgan fingerprint density at radius 2 is 2.07 bits per heavy atom. The van der Waals surface area contributed by atoms with Crippen LogP contribution in [0.1, 0.15) is 5.56 Å². The number of benzene rings is 1. The molecule has 0 amide bonds. The Hall–Kier alpha value is -0.770. The molecule has 0 fully saturated rings. The summed E-state index contributed by atoms with van der Waals surface area (Å²) >= 11 is 2.91. The fourth-order valence-corrected chi connectivity index (χ4v) is 3.03. The maximum absolute atomic E-state index is 11.0. The van der Waals surface area contributed by atoms with Crippen LogP contribution in [0.3, 0.4) is 0 Å². The zero-order valence-electron chi connectivity index (χ0n) is 6.53. The van der Waals surface area contributed by atoms with Crippen LogP contribution in [-0.4, -0.2) is 13.5 Å². The molecule has 0 aromatic heterocycles. The molecule has 4 nitrogen and oxygen atoms in total. The third-order valence-corrected chi connectivity index (χ3v) is 3.87. The van der Waals surface area contributed by atoms with Gasteiger partial charge in [-0.05, 0) is 22.0 Å². The normalized spacial score (nSPS) is 10.9. The maximum atomic E-state index is 11.0. The first-order valence-corrected chi connectivity index (χ1v) is 6.33. The second kappa shape index (κ2) is 3.77. The van der Waals surface area contributed by atoms with Gasteiger partial charge in [-0.2, -0.15) is 5.26 Å². The average molecular weight is 297 g/mol. The smallest absolute Gasteiger partial charge is 0.262 e. The zero-order valence-corrected chi connectivity index (χ0v) is 9.69. The molecule has 0 aliphatic heterocycles. The first-order chi connectivity index (χ1) is 6.36. The van der Waals surface area contributed by atoms with Crippen molar-refractivity contribution in [2.45, 2.75) is 4.90 Å². The van der Waals surface area contributed by atoms with Crippen molar-refractivity contribution >= 4 is 35.7 Å². The number of rotatable bonds is 1. The molecular weight excluding hydrogens is 294 g/mol. The minimum absolute atomic E-state index is 0.00391. The number of phenolic OH excluding ortho intramolecular Hbond substituents is 1. The molecule has 0 saturated carbocycles. The average Bonchev–Trinajstić information content (AvgIpc) is 2.06. The van der Waals surface area contributed by atoms with Crippen LogP contribution >= 0.6 is 26.6 Å². The minimum Gasteiger partial charge on any atom is -0.508 e. The molecule has 14 heavy (non-hydrogen) atoms. The number of hydrogen-bond donors (Lipinski definition) is 1. The highest BCUT2D eigenvalue weighted by atomic mass is 79.9. The van der Waals surface area contributed by atoms with Gasteiger partial charge in [-0.25, -0.2) is 8.42 Å². The number of hydrogen-bond acceptors (Lipinski definition) is 4. The van der Waals surface area contributed by atoms with Crippen LogP contribution in [0.2, 0.25) is 0 Å². The van der Waals surface area contributed by atoms with E-state index in [0.717, 1.165) is 12.1 Å². The summed E-state index contributed by atoms with van der Waals surface area (Å²) in [6.45, 7) is 0. The van der Waals surface area contributed by atoms with Gasteiger partial charge in [-0.15, -0.1) is 0 Å². The van der Waals surface area contributed by atoms with E-state index in [-0.39, 0.29) is 20.7 Å². The molecule has 0 heterocycles. The molecule has 1 rings (SSSR count). The van der Waals surface area contributed by atoms with Crippen molar-refractivity contribution < 1.29 is 13.5 Å². The van der Waals surface area contributed by atoms with Gasteiger partial charge in [0.15, 0.2) is 0 Å². The Balaban J connectivity index is 3.64. The summed E-state index contributed by atoms with van der Waals surface area (Å²) in [5.74, 6) is -0.330. The van der Waals surface area contributed by atoms with E-state index >= 15 is 0 Å². The number of aromatic hydroxyl groups is 1. The molecule has 0 atom stereocenters. The van der Waals surface area contributed by atoms with Gasteiger partial charge < -0.3 is 5.11 Å². The molecule has 0 aliphatic rings. The van der Waals surface area contributed by atoms with Crippen LogP contribution in [0.4, 0.5) is 0 Å². The summed E-state index contributed by atoms with van der Waals surface area (Å²) in [6.07, 6.45) is 0. The van der Waals surface area contributed by atoms with E-state index in [9.17, 15) is 8.42 Å². The van der Waals surface area contributed by atoms with Gasteiger partial charge in [0.05, 0.1) is 10.0 Å². The van der Waals surface area contributed by atoms with Crippen molar-refractivity contribution in [2.24, 2.45) is 0 Å². The van der Waals surface area contributed by atoms with Crippen molar-refractivity contribution in [1.29, 1.82) is 5.26 Å². The first-order valence-electron chi connectivity index (χ1n) is 3.23. The Morgan fingerprint density at radius 3 is 2.50 bits per heavy atom. The van der Waals surface area contributed by atoms with Crippen molar-refractivity contribution in [3.8, 4) is 11.8 Å². The molecule has 0 radical (unpaired) electrons. The highest BCUT2D eigenvalue weighted by Crippen LogP contribution is 2.31. The van der Waals surface area contributed by atoms with Crippen LogP contribution in [0.25, 0.3) is 0 Å². The van der Waals surface area contributed by atoms with Crippen molar-refractivity contribution in [2.75, 3.05) is 0 Å². The second-order valence-corrected chi connectivity index (χ2v) is 5.68. The fraction of sp³-hybridized carbons (Fsp3) is 0. The highest BCUT2D eigenvalue weighted by molar-refractivity contribution is 9.10. The molecule has 74 valence electrons. The monoisotopic (exact) mass is 295 g/mol. The number of phenols is 1. The Bertz CT molecular complexity index is 520. The van der Waals surface area contributed by atoms with Gasteiger partial charge in [-0.3, -0.25) is 0 Å². The van der Waals surface area contributed by atoms with Gasteiger partial charge >= 0.3 is 0 Å². The van der Waals surface area contributed by atoms with E-state index in [4.69, 9.17) is 21.1 Å². The lowest BCUT2D eigenvalue weighted by Crippen LogP contribution is -1.94. The molecule has 1 aromatic carbocycles. The largest absolute Gasteiger partial charge is 0.508 e. The summed E-state index contributed by atoms with van der Waals surface area (Å²) < 4.78 is 22.0. The molecule has 7 heteroatoms. The lowest BCUT2D eigenvalue weighted by atomic mass is 10.2. The zero-order chi connectivity index (χ0) is 10.9. The third-order valence-electron chi connectivity index (χ3n) is 1.41. The summed E-state index contributed by atoms with van der Waals surface area (Å²) in [7, 11) is 1.11. The summed E-state index contributed by atoms with van der Waals surface area (Å²) in [4.78, 5) is -0.323. The molecule has 0 saturated heterocycles. The molecule has 0 aliphatic carbocycles. The van der Waals surface area contributed by atoms with E-state index in [1.54, 1.807) is 6.07 Å². The van der Waals surface area contributed by atoms with Gasteiger partial charge in [0.1, 0.15) is 16.7 Å². The molecule has 0 spiro atoms. The standard InChI is InChI=1S/C7H3BrClNO3S/c8-7-4(3-10)1-5(11)2-6(7)14(9,12)13/h1-2,11H. The van der Waals surface area contributed by atoms with Crippen molar-refractivity contribution in [3.63, 3.8) is 0 Å². The van der Waals surface area contributed by atoms with E-state index < -0.39 is 9.05 Å². The van der Waals surface area contributed by atoms with Gasteiger partial charge in [0, 0.05) is 16.7 Å². The molecule has 0 unspecified atom stereocenters. The minimum atomic E-state index is -3.97. The predicted molar refractivity (Wildman–Crippen MR) is 53.6 cm³/mol. The SMILES string of the molecule is N#Cc1cc(O)cc(S(=O)(=O)Cl)c1Br. The van der Waals surface area contributed by atoms with Crippen molar-refractivity contribution in [3.05, 3.63) is 22.2 Å². The third kappa shape index (κ3) is 2.18. The second-order valence-electron chi connectivity index (χ2n) is 2.36. The molecule has 1 N–H and O–H groups in total. The van der Waals surface area contributed by atoms with Crippen molar-refractivity contribution in [1.82, 2.24) is 0 Å². The van der Waals surface area contributed by atoms with E-state index in [1.165, 1.54) is 0 Å². The molecule has 0 bridgehead atoms. The van der Waals surface area contributed by atoms with Gasteiger partial charge in [0.2, 0.25) is 0 Å². The quantitative estimate of drug-likeness (QED) is 0.804. The fourth-order valence-electron chi connectivity index (χ4n) is 0.842. The molecule has 1 aromatic rings. The van der Waals surface area contributed by atoms with E-state index in [1.807, 2.05) is 0 Å². The maximum Gasteiger partial charge on any atom is 0.262 e. The predicted octanol–water partition coefficient (Wildman–Crippen LogP) is 1.95.